The first-order chi connectivity index (χ1) is 14.3. The number of sulfonamides is 1. The van der Waals surface area contributed by atoms with Crippen LogP contribution in [0.25, 0.3) is 0 Å². The molecule has 0 heterocycles. The van der Waals surface area contributed by atoms with Crippen LogP contribution in [0.2, 0.25) is 0 Å². The highest BCUT2D eigenvalue weighted by Gasteiger charge is 2.34. The Morgan fingerprint density at radius 2 is 1.87 bits per heavy atom. The van der Waals surface area contributed by atoms with Crippen LogP contribution in [0.15, 0.2) is 101 Å². The second kappa shape index (κ2) is 9.19. The number of anilines is 1. The smallest absolute Gasteiger partial charge is 0.264 e. The minimum atomic E-state index is -3.76. The third kappa shape index (κ3) is 4.37. The number of hydrogen-bond donors (Lipinski definition) is 0. The molecule has 156 valence electrons. The number of rotatable bonds is 8. The van der Waals surface area contributed by atoms with Gasteiger partial charge < -0.3 is 0 Å². The topological polar surface area (TPSA) is 37.4 Å². The summed E-state index contributed by atoms with van der Waals surface area (Å²) in [7, 11) is -3.76. The molecular weight excluding hydrogens is 458 g/mol. The normalized spacial score (nSPS) is 18.2. The molecule has 30 heavy (non-hydrogen) atoms. The number of halogens is 1. The molecule has 2 aromatic carbocycles. The summed E-state index contributed by atoms with van der Waals surface area (Å²) in [6, 6.07) is 12.7. The minimum Gasteiger partial charge on any atom is -0.266 e. The molecule has 1 aliphatic carbocycles. The molecule has 3 nitrogen and oxygen atoms in total. The van der Waals surface area contributed by atoms with Crippen molar-refractivity contribution in [1.29, 1.82) is 0 Å². The van der Waals surface area contributed by atoms with Crippen molar-refractivity contribution in [2.24, 2.45) is 0 Å². The summed E-state index contributed by atoms with van der Waals surface area (Å²) >= 11 is 3.56. The Bertz CT molecular complexity index is 1100. The number of aryl methyl sites for hydroxylation is 1. The Kier molecular flexibility index (Phi) is 6.84. The molecule has 0 amide bonds. The Balaban J connectivity index is 2.21. The van der Waals surface area contributed by atoms with E-state index >= 15 is 0 Å². The van der Waals surface area contributed by atoms with Gasteiger partial charge in [-0.05, 0) is 55.7 Å². The summed E-state index contributed by atoms with van der Waals surface area (Å²) in [5.74, 6) is 0. The third-order valence-electron chi connectivity index (χ3n) is 5.33. The van der Waals surface area contributed by atoms with Gasteiger partial charge in [0.25, 0.3) is 10.0 Å². The summed E-state index contributed by atoms with van der Waals surface area (Å²) in [4.78, 5) is 0.276. The maximum Gasteiger partial charge on any atom is 0.264 e. The Morgan fingerprint density at radius 1 is 1.13 bits per heavy atom. The molecule has 1 atom stereocenters. The fourth-order valence-electron chi connectivity index (χ4n) is 3.61. The number of nitrogens with zero attached hydrogens (tertiary/aromatic N) is 1. The Morgan fingerprint density at radius 3 is 2.47 bits per heavy atom. The predicted molar refractivity (Wildman–Crippen MR) is 129 cm³/mol. The van der Waals surface area contributed by atoms with Crippen LogP contribution in [0.3, 0.4) is 0 Å². The van der Waals surface area contributed by atoms with Crippen molar-refractivity contribution in [3.05, 3.63) is 108 Å². The van der Waals surface area contributed by atoms with E-state index in [9.17, 15) is 8.42 Å². The predicted octanol–water partition coefficient (Wildman–Crippen LogP) is 6.47. The van der Waals surface area contributed by atoms with E-state index in [1.165, 1.54) is 4.31 Å². The van der Waals surface area contributed by atoms with Gasteiger partial charge in [0.1, 0.15) is 0 Å². The van der Waals surface area contributed by atoms with Crippen molar-refractivity contribution in [2.75, 3.05) is 10.8 Å². The summed E-state index contributed by atoms with van der Waals surface area (Å²) in [6.07, 6.45) is 13.0. The standard InChI is InChI=1S/C25H26BrNO2S/c1-4-6-18-27(30(28,29)22-13-10-20(3)11-14-22)24-15-12-21(26)19-23(24)25(5-2)16-8-7-9-17-25/h4-5,7-16,19H,1-2,6,17-18H2,3H3. The molecule has 0 spiro atoms. The van der Waals surface area contributed by atoms with Gasteiger partial charge >= 0.3 is 0 Å². The van der Waals surface area contributed by atoms with Gasteiger partial charge in [0.2, 0.25) is 0 Å². The highest BCUT2D eigenvalue weighted by Crippen LogP contribution is 2.42. The first-order valence-corrected chi connectivity index (χ1v) is 12.1. The molecule has 0 radical (unpaired) electrons. The average molecular weight is 484 g/mol. The van der Waals surface area contributed by atoms with Gasteiger partial charge in [0, 0.05) is 16.4 Å². The van der Waals surface area contributed by atoms with Crippen molar-refractivity contribution < 1.29 is 8.42 Å². The van der Waals surface area contributed by atoms with Crippen LogP contribution in [0, 0.1) is 6.92 Å². The lowest BCUT2D eigenvalue weighted by Gasteiger charge is -2.34. The minimum absolute atomic E-state index is 0.276. The first kappa shape index (κ1) is 22.3. The summed E-state index contributed by atoms with van der Waals surface area (Å²) in [5, 5.41) is 0. The lowest BCUT2D eigenvalue weighted by atomic mass is 9.75. The molecule has 1 unspecified atom stereocenters. The van der Waals surface area contributed by atoms with E-state index in [2.05, 4.69) is 41.2 Å². The fraction of sp³-hybridized carbons (Fsp3) is 0.200. The Hall–Kier alpha value is -2.37. The van der Waals surface area contributed by atoms with Crippen LogP contribution in [0.5, 0.6) is 0 Å². The molecule has 0 N–H and O–H groups in total. The molecule has 0 saturated heterocycles. The molecule has 0 fully saturated rings. The second-order valence-corrected chi connectivity index (χ2v) is 10.1. The van der Waals surface area contributed by atoms with Crippen LogP contribution >= 0.6 is 15.9 Å². The van der Waals surface area contributed by atoms with Crippen molar-refractivity contribution in [3.8, 4) is 0 Å². The zero-order valence-corrected chi connectivity index (χ0v) is 19.5. The molecule has 5 heteroatoms. The van der Waals surface area contributed by atoms with Gasteiger partial charge in [-0.2, -0.15) is 0 Å². The largest absolute Gasteiger partial charge is 0.266 e. The number of hydrogen-bond acceptors (Lipinski definition) is 2. The van der Waals surface area contributed by atoms with Gasteiger partial charge in [-0.3, -0.25) is 4.31 Å². The highest BCUT2D eigenvalue weighted by atomic mass is 79.9. The molecule has 1 aliphatic rings. The molecule has 0 saturated carbocycles. The molecule has 0 aliphatic heterocycles. The molecule has 0 bridgehead atoms. The van der Waals surface area contributed by atoms with Crippen LogP contribution in [-0.4, -0.2) is 15.0 Å². The van der Waals surface area contributed by atoms with Crippen LogP contribution in [0.1, 0.15) is 24.0 Å². The lowest BCUT2D eigenvalue weighted by Crippen LogP contribution is -2.35. The zero-order chi connectivity index (χ0) is 21.8. The lowest BCUT2D eigenvalue weighted by molar-refractivity contribution is 0.589. The van der Waals surface area contributed by atoms with E-state index in [1.54, 1.807) is 18.2 Å². The average Bonchev–Trinajstić information content (AvgIpc) is 2.75. The monoisotopic (exact) mass is 483 g/mol. The fourth-order valence-corrected chi connectivity index (χ4v) is 5.47. The first-order valence-electron chi connectivity index (χ1n) is 9.82. The number of benzene rings is 2. The highest BCUT2D eigenvalue weighted by molar-refractivity contribution is 9.10. The van der Waals surface area contributed by atoms with E-state index in [-0.39, 0.29) is 4.90 Å². The van der Waals surface area contributed by atoms with E-state index in [0.29, 0.717) is 18.7 Å². The van der Waals surface area contributed by atoms with Crippen molar-refractivity contribution in [1.82, 2.24) is 0 Å². The summed E-state index contributed by atoms with van der Waals surface area (Å²) < 4.78 is 29.8. The van der Waals surface area contributed by atoms with Gasteiger partial charge in [-0.1, -0.05) is 70.1 Å². The van der Waals surface area contributed by atoms with Gasteiger partial charge in [0.15, 0.2) is 0 Å². The van der Waals surface area contributed by atoms with Crippen molar-refractivity contribution >= 4 is 31.6 Å². The molecular formula is C25H26BrNO2S. The third-order valence-corrected chi connectivity index (χ3v) is 7.66. The van der Waals surface area contributed by atoms with Crippen molar-refractivity contribution in [2.45, 2.75) is 30.1 Å². The van der Waals surface area contributed by atoms with Crippen molar-refractivity contribution in [3.63, 3.8) is 0 Å². The van der Waals surface area contributed by atoms with E-state index < -0.39 is 15.4 Å². The quantitative estimate of drug-likeness (QED) is 0.403. The van der Waals surface area contributed by atoms with E-state index in [1.807, 2.05) is 55.5 Å². The maximum absolute atomic E-state index is 13.7. The number of allylic oxidation sites excluding steroid dienone is 5. The van der Waals surface area contributed by atoms with Crippen LogP contribution < -0.4 is 4.31 Å². The van der Waals surface area contributed by atoms with Gasteiger partial charge in [-0.15, -0.1) is 13.2 Å². The van der Waals surface area contributed by atoms with Gasteiger partial charge in [0.05, 0.1) is 10.6 Å². The van der Waals surface area contributed by atoms with E-state index in [0.717, 1.165) is 22.0 Å². The SMILES string of the molecule is C=CCCN(c1ccc(Br)cc1C1(C=C)C=CC=CC1)S(=O)(=O)c1ccc(C)cc1. The van der Waals surface area contributed by atoms with Crippen LogP contribution in [0.4, 0.5) is 5.69 Å². The maximum atomic E-state index is 13.7. The zero-order valence-electron chi connectivity index (χ0n) is 17.1. The summed E-state index contributed by atoms with van der Waals surface area (Å²) in [6.45, 7) is 10.1. The second-order valence-electron chi connectivity index (χ2n) is 7.36. The molecule has 2 aromatic rings. The molecule has 3 rings (SSSR count). The Labute approximate surface area is 188 Å². The summed E-state index contributed by atoms with van der Waals surface area (Å²) in [5.41, 5.74) is 2.08. The van der Waals surface area contributed by atoms with E-state index in [4.69, 9.17) is 0 Å². The molecule has 0 aromatic heterocycles. The van der Waals surface area contributed by atoms with Gasteiger partial charge in [-0.25, -0.2) is 8.42 Å². The van der Waals surface area contributed by atoms with Crippen LogP contribution in [-0.2, 0) is 15.4 Å².